The van der Waals surface area contributed by atoms with Gasteiger partial charge in [-0.15, -0.1) is 0 Å². The van der Waals surface area contributed by atoms with Gasteiger partial charge in [0.25, 0.3) is 0 Å². The van der Waals surface area contributed by atoms with Gasteiger partial charge in [0.2, 0.25) is 0 Å². The minimum Gasteiger partial charge on any atom is -0.481 e. The SMILES string of the molecule is O=C(O)[C@]12CNC[C@H]1CS(=O)(=O)C2. The number of carbonyl (C=O) groups is 1. The summed E-state index contributed by atoms with van der Waals surface area (Å²) in [5.41, 5.74) is -1.04. The molecule has 0 aromatic rings. The molecule has 0 aromatic carbocycles. The van der Waals surface area contributed by atoms with E-state index < -0.39 is 21.2 Å². The molecule has 0 unspecified atom stereocenters. The van der Waals surface area contributed by atoms with E-state index in [9.17, 15) is 13.2 Å². The van der Waals surface area contributed by atoms with Crippen LogP contribution in [0.5, 0.6) is 0 Å². The van der Waals surface area contributed by atoms with Crippen molar-refractivity contribution < 1.29 is 18.3 Å². The molecule has 6 heteroatoms. The molecule has 2 fully saturated rings. The zero-order valence-corrected chi connectivity index (χ0v) is 7.80. The number of hydrogen-bond donors (Lipinski definition) is 2. The molecule has 2 rings (SSSR count). The maximum absolute atomic E-state index is 11.3. The smallest absolute Gasteiger partial charge is 0.312 e. The maximum atomic E-state index is 11.3. The van der Waals surface area contributed by atoms with E-state index in [1.165, 1.54) is 0 Å². The number of carboxylic acid groups (broad SMARTS) is 1. The Morgan fingerprint density at radius 3 is 2.77 bits per heavy atom. The molecule has 2 saturated heterocycles. The molecular formula is C7H11NO4S. The molecule has 13 heavy (non-hydrogen) atoms. The van der Waals surface area contributed by atoms with Crippen molar-refractivity contribution in [2.24, 2.45) is 11.3 Å². The Morgan fingerprint density at radius 1 is 1.54 bits per heavy atom. The Balaban J connectivity index is 2.41. The van der Waals surface area contributed by atoms with Crippen LogP contribution in [-0.2, 0) is 14.6 Å². The molecule has 2 aliphatic heterocycles. The van der Waals surface area contributed by atoms with Crippen molar-refractivity contribution in [1.82, 2.24) is 5.32 Å². The van der Waals surface area contributed by atoms with E-state index >= 15 is 0 Å². The van der Waals surface area contributed by atoms with Crippen LogP contribution in [0.15, 0.2) is 0 Å². The lowest BCUT2D eigenvalue weighted by Gasteiger charge is -2.19. The molecule has 5 nitrogen and oxygen atoms in total. The van der Waals surface area contributed by atoms with Crippen molar-refractivity contribution in [3.05, 3.63) is 0 Å². The first kappa shape index (κ1) is 8.96. The van der Waals surface area contributed by atoms with Crippen molar-refractivity contribution in [2.75, 3.05) is 24.6 Å². The average molecular weight is 205 g/mol. The molecular weight excluding hydrogens is 194 g/mol. The van der Waals surface area contributed by atoms with Gasteiger partial charge in [0, 0.05) is 19.0 Å². The third kappa shape index (κ3) is 1.16. The third-order valence-electron chi connectivity index (χ3n) is 2.97. The first-order chi connectivity index (χ1) is 5.96. The summed E-state index contributed by atoms with van der Waals surface area (Å²) in [6.07, 6.45) is 0. The van der Waals surface area contributed by atoms with Gasteiger partial charge in [-0.1, -0.05) is 0 Å². The van der Waals surface area contributed by atoms with Crippen LogP contribution in [-0.4, -0.2) is 44.1 Å². The number of rotatable bonds is 1. The maximum Gasteiger partial charge on any atom is 0.312 e. The van der Waals surface area contributed by atoms with Crippen LogP contribution in [0.25, 0.3) is 0 Å². The summed E-state index contributed by atoms with van der Waals surface area (Å²) in [4.78, 5) is 11.0. The summed E-state index contributed by atoms with van der Waals surface area (Å²) in [5.74, 6) is -1.40. The van der Waals surface area contributed by atoms with Crippen molar-refractivity contribution in [3.8, 4) is 0 Å². The van der Waals surface area contributed by atoms with Crippen LogP contribution < -0.4 is 5.32 Å². The van der Waals surface area contributed by atoms with Gasteiger partial charge in [-0.3, -0.25) is 4.79 Å². The summed E-state index contributed by atoms with van der Waals surface area (Å²) in [6.45, 7) is 0.789. The molecule has 2 heterocycles. The van der Waals surface area contributed by atoms with E-state index in [1.54, 1.807) is 0 Å². The van der Waals surface area contributed by atoms with Gasteiger partial charge >= 0.3 is 5.97 Å². The van der Waals surface area contributed by atoms with E-state index in [0.29, 0.717) is 6.54 Å². The molecule has 0 amide bonds. The lowest BCUT2D eigenvalue weighted by atomic mass is 9.81. The molecule has 74 valence electrons. The van der Waals surface area contributed by atoms with Crippen molar-refractivity contribution in [3.63, 3.8) is 0 Å². The monoisotopic (exact) mass is 205 g/mol. The summed E-state index contributed by atoms with van der Waals surface area (Å²) >= 11 is 0. The third-order valence-corrected chi connectivity index (χ3v) is 4.84. The molecule has 0 bridgehead atoms. The minimum absolute atomic E-state index is 0.0201. The Morgan fingerprint density at radius 2 is 2.23 bits per heavy atom. The van der Waals surface area contributed by atoms with Crippen LogP contribution >= 0.6 is 0 Å². The van der Waals surface area contributed by atoms with Crippen LogP contribution in [0.3, 0.4) is 0 Å². The fourth-order valence-electron chi connectivity index (χ4n) is 2.27. The first-order valence-electron chi connectivity index (χ1n) is 4.11. The fourth-order valence-corrected chi connectivity index (χ4v) is 4.68. The van der Waals surface area contributed by atoms with Gasteiger partial charge in [0.05, 0.1) is 16.9 Å². The highest BCUT2D eigenvalue weighted by atomic mass is 32.2. The molecule has 0 saturated carbocycles. The zero-order chi connectivity index (χ0) is 9.69. The fraction of sp³-hybridized carbons (Fsp3) is 0.857. The van der Waals surface area contributed by atoms with Crippen LogP contribution in [0.4, 0.5) is 0 Å². The van der Waals surface area contributed by atoms with E-state index in [1.807, 2.05) is 0 Å². The van der Waals surface area contributed by atoms with Gasteiger partial charge < -0.3 is 10.4 Å². The summed E-state index contributed by atoms with van der Waals surface area (Å²) in [7, 11) is -3.13. The molecule has 0 aliphatic carbocycles. The van der Waals surface area contributed by atoms with Gasteiger partial charge in [-0.25, -0.2) is 8.42 Å². The molecule has 2 N–H and O–H groups in total. The Kier molecular flexibility index (Phi) is 1.69. The van der Waals surface area contributed by atoms with Gasteiger partial charge in [-0.2, -0.15) is 0 Å². The number of hydrogen-bond acceptors (Lipinski definition) is 4. The Labute approximate surface area is 76.0 Å². The lowest BCUT2D eigenvalue weighted by Crippen LogP contribution is -2.38. The quantitative estimate of drug-likeness (QED) is 0.556. The molecule has 2 atom stereocenters. The topological polar surface area (TPSA) is 83.5 Å². The number of carboxylic acids is 1. The first-order valence-corrected chi connectivity index (χ1v) is 5.93. The molecule has 0 aromatic heterocycles. The van der Waals surface area contributed by atoms with E-state index in [-0.39, 0.29) is 24.0 Å². The van der Waals surface area contributed by atoms with Crippen molar-refractivity contribution >= 4 is 15.8 Å². The number of fused-ring (bicyclic) bond motifs is 1. The highest BCUT2D eigenvalue weighted by Gasteiger charge is 2.58. The second kappa shape index (κ2) is 2.45. The standard InChI is InChI=1S/C7H11NO4S/c9-6(10)7-3-8-1-5(7)2-13(11,12)4-7/h5,8H,1-4H2,(H,9,10)/t5-,7-/m0/s1. The van der Waals surface area contributed by atoms with E-state index in [2.05, 4.69) is 5.32 Å². The van der Waals surface area contributed by atoms with E-state index in [0.717, 1.165) is 0 Å². The second-order valence-corrected chi connectivity index (χ2v) is 5.95. The lowest BCUT2D eigenvalue weighted by molar-refractivity contribution is -0.147. The second-order valence-electron chi connectivity index (χ2n) is 3.84. The zero-order valence-electron chi connectivity index (χ0n) is 6.99. The predicted molar refractivity (Wildman–Crippen MR) is 45.1 cm³/mol. The van der Waals surface area contributed by atoms with Gasteiger partial charge in [0.15, 0.2) is 9.84 Å². The van der Waals surface area contributed by atoms with Crippen LogP contribution in [0.2, 0.25) is 0 Å². The average Bonchev–Trinajstić information content (AvgIpc) is 2.40. The predicted octanol–water partition coefficient (Wildman–Crippen LogP) is -1.29. The van der Waals surface area contributed by atoms with Crippen molar-refractivity contribution in [2.45, 2.75) is 0 Å². The summed E-state index contributed by atoms with van der Waals surface area (Å²) < 4.78 is 22.5. The number of nitrogens with one attached hydrogen (secondary N) is 1. The van der Waals surface area contributed by atoms with Gasteiger partial charge in [-0.05, 0) is 0 Å². The molecule has 0 spiro atoms. The summed E-state index contributed by atoms with van der Waals surface area (Å²) in [5, 5.41) is 11.9. The highest BCUT2D eigenvalue weighted by Crippen LogP contribution is 2.40. The number of aliphatic carboxylic acids is 1. The number of sulfone groups is 1. The molecule has 0 radical (unpaired) electrons. The van der Waals surface area contributed by atoms with Crippen LogP contribution in [0, 0.1) is 11.3 Å². The minimum atomic E-state index is -3.13. The largest absolute Gasteiger partial charge is 0.481 e. The normalized spacial score (nSPS) is 41.7. The molecule has 2 aliphatic rings. The van der Waals surface area contributed by atoms with Gasteiger partial charge in [0.1, 0.15) is 0 Å². The van der Waals surface area contributed by atoms with Crippen molar-refractivity contribution in [1.29, 1.82) is 0 Å². The van der Waals surface area contributed by atoms with E-state index in [4.69, 9.17) is 5.11 Å². The Bertz CT molecular complexity index is 350. The highest BCUT2D eigenvalue weighted by molar-refractivity contribution is 7.91. The Hall–Kier alpha value is -0.620. The summed E-state index contributed by atoms with van der Waals surface area (Å²) in [6, 6.07) is 0. The van der Waals surface area contributed by atoms with Crippen LogP contribution in [0.1, 0.15) is 0 Å².